The van der Waals surface area contributed by atoms with Gasteiger partial charge in [0, 0.05) is 22.9 Å². The van der Waals surface area contributed by atoms with Crippen molar-refractivity contribution < 1.29 is 4.79 Å². The number of carbonyl (C=O) groups is 1. The van der Waals surface area contributed by atoms with Gasteiger partial charge in [0.15, 0.2) is 0 Å². The van der Waals surface area contributed by atoms with Gasteiger partial charge in [-0.1, -0.05) is 47.5 Å². The first-order valence-corrected chi connectivity index (χ1v) is 7.90. The van der Waals surface area contributed by atoms with E-state index in [2.05, 4.69) is 0 Å². The molecular formula is C18H16Cl2O. The van der Waals surface area contributed by atoms with E-state index in [-0.39, 0.29) is 11.8 Å². The third-order valence-corrected chi connectivity index (χ3v) is 4.70. The van der Waals surface area contributed by atoms with Crippen molar-refractivity contribution in [3.63, 3.8) is 0 Å². The summed E-state index contributed by atoms with van der Waals surface area (Å²) in [6, 6.07) is 15.7. The van der Waals surface area contributed by atoms with Crippen LogP contribution in [0.25, 0.3) is 0 Å². The topological polar surface area (TPSA) is 17.1 Å². The summed E-state index contributed by atoms with van der Waals surface area (Å²) in [7, 11) is 0. The zero-order chi connectivity index (χ0) is 14.8. The van der Waals surface area contributed by atoms with Crippen molar-refractivity contribution in [3.8, 4) is 0 Å². The maximum Gasteiger partial charge on any atom is 0.134 e. The zero-order valence-corrected chi connectivity index (χ0v) is 13.1. The lowest BCUT2D eigenvalue weighted by atomic mass is 9.75. The minimum atomic E-state index is 0.282. The van der Waals surface area contributed by atoms with Crippen LogP contribution in [-0.4, -0.2) is 5.78 Å². The Kier molecular flexibility index (Phi) is 4.32. The van der Waals surface area contributed by atoms with Crippen LogP contribution in [0.2, 0.25) is 10.0 Å². The van der Waals surface area contributed by atoms with Crippen LogP contribution >= 0.6 is 23.2 Å². The average molecular weight is 319 g/mol. The highest BCUT2D eigenvalue weighted by Crippen LogP contribution is 2.40. The van der Waals surface area contributed by atoms with Gasteiger partial charge in [0.05, 0.1) is 0 Å². The fourth-order valence-corrected chi connectivity index (χ4v) is 3.37. The number of Topliss-reactive ketones (excluding diaryl/α,β-unsaturated/α-hetero) is 1. The van der Waals surface area contributed by atoms with Crippen molar-refractivity contribution in [3.05, 3.63) is 69.7 Å². The molecule has 1 saturated carbocycles. The quantitative estimate of drug-likeness (QED) is 0.703. The third kappa shape index (κ3) is 3.48. The van der Waals surface area contributed by atoms with E-state index in [4.69, 9.17) is 23.2 Å². The molecule has 0 spiro atoms. The maximum atomic E-state index is 12.1. The molecule has 108 valence electrons. The SMILES string of the molecule is O=C1CC(c2ccc(Cl)cc2)CC(c2ccc(Cl)cc2)C1. The third-order valence-electron chi connectivity index (χ3n) is 4.20. The highest BCUT2D eigenvalue weighted by Gasteiger charge is 2.29. The Morgan fingerprint density at radius 1 is 0.714 bits per heavy atom. The number of rotatable bonds is 2. The lowest BCUT2D eigenvalue weighted by molar-refractivity contribution is -0.121. The highest BCUT2D eigenvalue weighted by atomic mass is 35.5. The molecule has 2 aromatic carbocycles. The molecule has 0 aliphatic heterocycles. The fraction of sp³-hybridized carbons (Fsp3) is 0.278. The first-order chi connectivity index (χ1) is 10.1. The lowest BCUT2D eigenvalue weighted by Gasteiger charge is -2.29. The van der Waals surface area contributed by atoms with E-state index in [1.165, 1.54) is 11.1 Å². The summed E-state index contributed by atoms with van der Waals surface area (Å²) in [5.74, 6) is 0.898. The second-order valence-corrected chi connectivity index (χ2v) is 6.55. The number of ketones is 1. The Balaban J connectivity index is 1.82. The van der Waals surface area contributed by atoms with Gasteiger partial charge in [-0.15, -0.1) is 0 Å². The van der Waals surface area contributed by atoms with Gasteiger partial charge in [0.1, 0.15) is 5.78 Å². The Labute approximate surface area is 134 Å². The summed E-state index contributed by atoms with van der Waals surface area (Å²) in [6.07, 6.45) is 2.26. The van der Waals surface area contributed by atoms with Gasteiger partial charge in [0.25, 0.3) is 0 Å². The van der Waals surface area contributed by atoms with Crippen LogP contribution in [0.15, 0.2) is 48.5 Å². The van der Waals surface area contributed by atoms with Crippen molar-refractivity contribution >= 4 is 29.0 Å². The first kappa shape index (κ1) is 14.6. The Hall–Kier alpha value is -1.31. The van der Waals surface area contributed by atoms with E-state index in [0.29, 0.717) is 18.6 Å². The molecule has 0 heterocycles. The highest BCUT2D eigenvalue weighted by molar-refractivity contribution is 6.30. The largest absolute Gasteiger partial charge is 0.300 e. The van der Waals surface area contributed by atoms with Gasteiger partial charge in [-0.3, -0.25) is 4.79 Å². The molecule has 0 radical (unpaired) electrons. The van der Waals surface area contributed by atoms with Crippen molar-refractivity contribution in [1.82, 2.24) is 0 Å². The summed E-state index contributed by atoms with van der Waals surface area (Å²) in [4.78, 5) is 12.1. The molecule has 3 rings (SSSR count). The monoisotopic (exact) mass is 318 g/mol. The van der Waals surface area contributed by atoms with Gasteiger partial charge in [-0.05, 0) is 53.6 Å². The Bertz CT molecular complexity index is 576. The fourth-order valence-electron chi connectivity index (χ4n) is 3.12. The molecule has 1 nitrogen and oxygen atoms in total. The van der Waals surface area contributed by atoms with Crippen molar-refractivity contribution in [2.75, 3.05) is 0 Å². The molecule has 0 saturated heterocycles. The first-order valence-electron chi connectivity index (χ1n) is 7.14. The van der Waals surface area contributed by atoms with Gasteiger partial charge in [-0.2, -0.15) is 0 Å². The Morgan fingerprint density at radius 3 is 1.48 bits per heavy atom. The molecule has 0 aromatic heterocycles. The normalized spacial score (nSPS) is 22.3. The summed E-state index contributed by atoms with van der Waals surface area (Å²) < 4.78 is 0. The van der Waals surface area contributed by atoms with Crippen molar-refractivity contribution in [2.24, 2.45) is 0 Å². The van der Waals surface area contributed by atoms with Crippen LogP contribution in [0.5, 0.6) is 0 Å². The van der Waals surface area contributed by atoms with Gasteiger partial charge in [-0.25, -0.2) is 0 Å². The molecule has 0 bridgehead atoms. The minimum Gasteiger partial charge on any atom is -0.300 e. The molecular weight excluding hydrogens is 303 g/mol. The van der Waals surface area contributed by atoms with Crippen molar-refractivity contribution in [1.29, 1.82) is 0 Å². The molecule has 2 unspecified atom stereocenters. The second kappa shape index (κ2) is 6.21. The minimum absolute atomic E-state index is 0.282. The van der Waals surface area contributed by atoms with E-state index in [9.17, 15) is 4.79 Å². The molecule has 1 aliphatic rings. The van der Waals surface area contributed by atoms with Crippen molar-refractivity contribution in [2.45, 2.75) is 31.1 Å². The summed E-state index contributed by atoms with van der Waals surface area (Å²) in [5.41, 5.74) is 2.40. The van der Waals surface area contributed by atoms with Gasteiger partial charge < -0.3 is 0 Å². The lowest BCUT2D eigenvalue weighted by Crippen LogP contribution is -2.20. The Morgan fingerprint density at radius 2 is 1.10 bits per heavy atom. The molecule has 0 N–H and O–H groups in total. The smallest absolute Gasteiger partial charge is 0.134 e. The predicted molar refractivity (Wildman–Crippen MR) is 87.2 cm³/mol. The summed E-state index contributed by atoms with van der Waals surface area (Å²) in [6.45, 7) is 0. The molecule has 3 heteroatoms. The molecule has 21 heavy (non-hydrogen) atoms. The zero-order valence-electron chi connectivity index (χ0n) is 11.6. The van der Waals surface area contributed by atoms with E-state index < -0.39 is 0 Å². The van der Waals surface area contributed by atoms with Gasteiger partial charge in [0.2, 0.25) is 0 Å². The van der Waals surface area contributed by atoms with E-state index >= 15 is 0 Å². The second-order valence-electron chi connectivity index (χ2n) is 5.68. The van der Waals surface area contributed by atoms with E-state index in [0.717, 1.165) is 16.5 Å². The summed E-state index contributed by atoms with van der Waals surface area (Å²) in [5, 5.41) is 1.46. The van der Waals surface area contributed by atoms with E-state index in [1.807, 2.05) is 48.5 Å². The predicted octanol–water partition coefficient (Wildman–Crippen LogP) is 5.61. The number of benzene rings is 2. The molecule has 0 amide bonds. The van der Waals surface area contributed by atoms with Crippen LogP contribution in [0.3, 0.4) is 0 Å². The van der Waals surface area contributed by atoms with Crippen LogP contribution < -0.4 is 0 Å². The van der Waals surface area contributed by atoms with E-state index in [1.54, 1.807) is 0 Å². The maximum absolute atomic E-state index is 12.1. The number of halogens is 2. The van der Waals surface area contributed by atoms with Crippen LogP contribution in [0, 0.1) is 0 Å². The molecule has 2 atom stereocenters. The van der Waals surface area contributed by atoms with Crippen LogP contribution in [0.4, 0.5) is 0 Å². The average Bonchev–Trinajstić information content (AvgIpc) is 2.48. The molecule has 1 fully saturated rings. The van der Waals surface area contributed by atoms with Crippen LogP contribution in [-0.2, 0) is 4.79 Å². The number of hydrogen-bond acceptors (Lipinski definition) is 1. The molecule has 1 aliphatic carbocycles. The molecule has 2 aromatic rings. The van der Waals surface area contributed by atoms with Gasteiger partial charge >= 0.3 is 0 Å². The summed E-state index contributed by atoms with van der Waals surface area (Å²) >= 11 is 11.9. The number of carbonyl (C=O) groups excluding carboxylic acids is 1. The number of hydrogen-bond donors (Lipinski definition) is 0. The van der Waals surface area contributed by atoms with Crippen LogP contribution in [0.1, 0.15) is 42.2 Å². The standard InChI is InChI=1S/C18H16Cl2O/c19-16-5-1-12(2-6-16)14-9-15(11-18(21)10-14)13-3-7-17(20)8-4-13/h1-8,14-15H,9-11H2.